The molecule has 1 aromatic rings. The minimum atomic E-state index is -0.643. The van der Waals surface area contributed by atoms with Gasteiger partial charge in [0.1, 0.15) is 5.75 Å². The van der Waals surface area contributed by atoms with Crippen molar-refractivity contribution in [2.24, 2.45) is 10.4 Å². The number of ether oxygens (including phenoxy) is 1. The zero-order valence-electron chi connectivity index (χ0n) is 18.6. The van der Waals surface area contributed by atoms with Gasteiger partial charge in [-0.2, -0.15) is 0 Å². The summed E-state index contributed by atoms with van der Waals surface area (Å²) in [5, 5.41) is 0.544. The van der Waals surface area contributed by atoms with Gasteiger partial charge in [0.05, 0.1) is 19.6 Å². The van der Waals surface area contributed by atoms with E-state index >= 15 is 0 Å². The van der Waals surface area contributed by atoms with Crippen LogP contribution in [0.3, 0.4) is 0 Å². The van der Waals surface area contributed by atoms with Crippen LogP contribution in [0, 0.1) is 5.41 Å². The smallest absolute Gasteiger partial charge is 0.333 e. The first kappa shape index (κ1) is 24.2. The van der Waals surface area contributed by atoms with Crippen molar-refractivity contribution in [3.05, 3.63) is 29.8 Å². The van der Waals surface area contributed by atoms with Crippen LogP contribution in [-0.4, -0.2) is 47.5 Å². The highest BCUT2D eigenvalue weighted by molar-refractivity contribution is 6.01. The molecule has 31 heavy (non-hydrogen) atoms. The Morgan fingerprint density at radius 1 is 1.06 bits per heavy atom. The number of Topliss-reactive ketones (excluding diaryl/α,β-unsaturated/α-hetero) is 1. The molecule has 0 atom stereocenters. The molecule has 0 N–H and O–H groups in total. The number of hydrogen-bond donors (Lipinski definition) is 0. The number of carbonyl (C=O) groups excluding carboxylic acids is 4. The van der Waals surface area contributed by atoms with E-state index in [4.69, 9.17) is 9.57 Å². The number of benzene rings is 1. The highest BCUT2D eigenvalue weighted by Crippen LogP contribution is 2.19. The molecule has 0 saturated carbocycles. The molecule has 0 radical (unpaired) electrons. The Labute approximate surface area is 182 Å². The average molecular weight is 431 g/mol. The average Bonchev–Trinajstić information content (AvgIpc) is 3.00. The Balaban J connectivity index is 1.72. The number of imide groups is 1. The van der Waals surface area contributed by atoms with Gasteiger partial charge >= 0.3 is 5.97 Å². The summed E-state index contributed by atoms with van der Waals surface area (Å²) in [7, 11) is 0. The van der Waals surface area contributed by atoms with E-state index in [0.29, 0.717) is 23.7 Å². The molecule has 0 unspecified atom stereocenters. The van der Waals surface area contributed by atoms with Gasteiger partial charge in [0, 0.05) is 25.0 Å². The van der Waals surface area contributed by atoms with E-state index in [1.54, 1.807) is 12.1 Å². The molecule has 8 heteroatoms. The zero-order valence-corrected chi connectivity index (χ0v) is 18.6. The van der Waals surface area contributed by atoms with Gasteiger partial charge in [-0.1, -0.05) is 20.8 Å². The van der Waals surface area contributed by atoms with Gasteiger partial charge < -0.3 is 9.57 Å². The maximum absolute atomic E-state index is 12.0. The molecular formula is C23H30N2O6. The van der Waals surface area contributed by atoms with Gasteiger partial charge in [-0.05, 0) is 48.6 Å². The lowest BCUT2D eigenvalue weighted by Gasteiger charge is -2.15. The first-order chi connectivity index (χ1) is 14.5. The quantitative estimate of drug-likeness (QED) is 0.321. The van der Waals surface area contributed by atoms with Crippen LogP contribution in [-0.2, 0) is 24.0 Å². The summed E-state index contributed by atoms with van der Waals surface area (Å²) in [6.45, 7) is 8.40. The molecule has 1 saturated heterocycles. The summed E-state index contributed by atoms with van der Waals surface area (Å²) in [6, 6.07) is 7.32. The molecular weight excluding hydrogens is 400 g/mol. The van der Waals surface area contributed by atoms with Crippen LogP contribution in [0.5, 0.6) is 5.75 Å². The third kappa shape index (κ3) is 8.32. The molecule has 1 fully saturated rings. The molecule has 1 aromatic carbocycles. The molecule has 1 aliphatic rings. The van der Waals surface area contributed by atoms with Gasteiger partial charge in [0.2, 0.25) is 0 Å². The largest absolute Gasteiger partial charge is 0.494 e. The molecule has 2 rings (SSSR count). The summed E-state index contributed by atoms with van der Waals surface area (Å²) in [5.41, 5.74) is 1.64. The highest BCUT2D eigenvalue weighted by Gasteiger charge is 2.32. The number of rotatable bonds is 10. The molecule has 1 aliphatic heterocycles. The summed E-state index contributed by atoms with van der Waals surface area (Å²) in [6.07, 6.45) is 1.05. The lowest BCUT2D eigenvalue weighted by atomic mass is 9.90. The summed E-state index contributed by atoms with van der Waals surface area (Å²) in [4.78, 5) is 55.7. The maximum Gasteiger partial charge on any atom is 0.333 e. The summed E-state index contributed by atoms with van der Waals surface area (Å²) in [5.74, 6) is -0.878. The van der Waals surface area contributed by atoms with Crippen LogP contribution >= 0.6 is 0 Å². The van der Waals surface area contributed by atoms with Crippen molar-refractivity contribution in [3.8, 4) is 5.75 Å². The number of amides is 2. The van der Waals surface area contributed by atoms with Gasteiger partial charge in [-0.3, -0.25) is 19.4 Å². The molecule has 0 aliphatic carbocycles. The van der Waals surface area contributed by atoms with Crippen LogP contribution in [0.4, 0.5) is 0 Å². The third-order valence-corrected chi connectivity index (χ3v) is 4.49. The second-order valence-electron chi connectivity index (χ2n) is 8.70. The van der Waals surface area contributed by atoms with Crippen molar-refractivity contribution in [1.82, 2.24) is 5.06 Å². The van der Waals surface area contributed by atoms with Crippen molar-refractivity contribution in [1.29, 1.82) is 0 Å². The van der Waals surface area contributed by atoms with E-state index in [2.05, 4.69) is 4.99 Å². The van der Waals surface area contributed by atoms with E-state index < -0.39 is 17.8 Å². The Bertz CT molecular complexity index is 836. The van der Waals surface area contributed by atoms with Crippen molar-refractivity contribution in [2.75, 3.05) is 13.2 Å². The second kappa shape index (κ2) is 10.8. The monoisotopic (exact) mass is 430 g/mol. The first-order valence-corrected chi connectivity index (χ1v) is 10.4. The molecule has 168 valence electrons. The topological polar surface area (TPSA) is 102 Å². The fourth-order valence-corrected chi connectivity index (χ4v) is 2.95. The fourth-order valence-electron chi connectivity index (χ4n) is 2.95. The van der Waals surface area contributed by atoms with Crippen molar-refractivity contribution < 1.29 is 28.8 Å². The Hall–Kier alpha value is -3.03. The second-order valence-corrected chi connectivity index (χ2v) is 8.70. The van der Waals surface area contributed by atoms with E-state index in [-0.39, 0.29) is 43.6 Å². The number of nitrogens with zero attached hydrogens (tertiary/aromatic N) is 2. The van der Waals surface area contributed by atoms with Crippen LogP contribution in [0.25, 0.3) is 0 Å². The molecule has 8 nitrogen and oxygen atoms in total. The van der Waals surface area contributed by atoms with E-state index in [1.165, 1.54) is 0 Å². The first-order valence-electron chi connectivity index (χ1n) is 10.4. The number of hydrogen-bond acceptors (Lipinski definition) is 7. The number of aliphatic imine (C=N–C) groups is 1. The predicted molar refractivity (Wildman–Crippen MR) is 115 cm³/mol. The molecule has 0 aromatic heterocycles. The van der Waals surface area contributed by atoms with E-state index in [0.717, 1.165) is 11.3 Å². The fraction of sp³-hybridized carbons (Fsp3) is 0.522. The molecule has 2 amide bonds. The predicted octanol–water partition coefficient (Wildman–Crippen LogP) is 3.27. The Morgan fingerprint density at radius 3 is 2.26 bits per heavy atom. The van der Waals surface area contributed by atoms with Crippen molar-refractivity contribution >= 4 is 29.3 Å². The normalized spacial score (nSPS) is 14.7. The summed E-state index contributed by atoms with van der Waals surface area (Å²) < 4.78 is 5.61. The Morgan fingerprint density at radius 2 is 1.68 bits per heavy atom. The maximum atomic E-state index is 12.0. The standard InChI is InChI=1S/C23H30N2O6/c1-16(24-15-18(26)14-23(2,3)4)17-7-9-19(10-8-17)30-13-5-6-22(29)31-25-20(27)11-12-21(25)28/h7-10H,5-6,11-15H2,1-4H3. The van der Waals surface area contributed by atoms with Gasteiger partial charge in [0.15, 0.2) is 5.78 Å². The van der Waals surface area contributed by atoms with Crippen LogP contribution in [0.15, 0.2) is 29.3 Å². The van der Waals surface area contributed by atoms with Gasteiger partial charge in [0.25, 0.3) is 11.8 Å². The number of carbonyl (C=O) groups is 4. The van der Waals surface area contributed by atoms with Crippen molar-refractivity contribution in [3.63, 3.8) is 0 Å². The minimum Gasteiger partial charge on any atom is -0.494 e. The van der Waals surface area contributed by atoms with Gasteiger partial charge in [-0.15, -0.1) is 5.06 Å². The van der Waals surface area contributed by atoms with Gasteiger partial charge in [-0.25, -0.2) is 4.79 Å². The zero-order chi connectivity index (χ0) is 23.0. The lowest BCUT2D eigenvalue weighted by Crippen LogP contribution is -2.32. The van der Waals surface area contributed by atoms with E-state index in [9.17, 15) is 19.2 Å². The molecule has 0 bridgehead atoms. The number of ketones is 1. The number of hydroxylamine groups is 2. The van der Waals surface area contributed by atoms with E-state index in [1.807, 2.05) is 39.8 Å². The SMILES string of the molecule is CC(=NCC(=O)CC(C)(C)C)c1ccc(OCCCC(=O)ON2C(=O)CCC2=O)cc1. The lowest BCUT2D eigenvalue weighted by molar-refractivity contribution is -0.197. The Kier molecular flexibility index (Phi) is 8.47. The van der Waals surface area contributed by atoms with Crippen LogP contribution in [0.2, 0.25) is 0 Å². The molecule has 1 heterocycles. The summed E-state index contributed by atoms with van der Waals surface area (Å²) >= 11 is 0. The van der Waals surface area contributed by atoms with Crippen LogP contribution in [0.1, 0.15) is 65.4 Å². The molecule has 0 spiro atoms. The van der Waals surface area contributed by atoms with Crippen molar-refractivity contribution in [2.45, 2.75) is 59.8 Å². The minimum absolute atomic E-state index is 0.0313. The highest BCUT2D eigenvalue weighted by atomic mass is 16.7. The van der Waals surface area contributed by atoms with Crippen LogP contribution < -0.4 is 4.74 Å². The third-order valence-electron chi connectivity index (χ3n) is 4.49.